The number of nitrogens with one attached hydrogen (secondary N) is 1. The van der Waals surface area contributed by atoms with Crippen molar-refractivity contribution in [1.82, 2.24) is 0 Å². The van der Waals surface area contributed by atoms with Gasteiger partial charge in [0.05, 0.1) is 7.11 Å². The predicted octanol–water partition coefficient (Wildman–Crippen LogP) is 2.54. The Morgan fingerprint density at radius 1 is 1.42 bits per heavy atom. The Labute approximate surface area is 113 Å². The summed E-state index contributed by atoms with van der Waals surface area (Å²) in [7, 11) is 3.37. The molecule has 1 amide bonds. The van der Waals surface area contributed by atoms with Gasteiger partial charge < -0.3 is 9.64 Å². The van der Waals surface area contributed by atoms with Gasteiger partial charge in [-0.15, -0.1) is 0 Å². The number of methoxy groups -OCH3 is 1. The molecular weight excluding hydrogens is 240 g/mol. The molecule has 0 aromatic heterocycles. The zero-order valence-electron chi connectivity index (χ0n) is 11.5. The summed E-state index contributed by atoms with van der Waals surface area (Å²) in [6, 6.07) is 6.29. The van der Waals surface area contributed by atoms with Gasteiger partial charge >= 0.3 is 0 Å². The van der Waals surface area contributed by atoms with Gasteiger partial charge in [0.25, 0.3) is 0 Å². The van der Waals surface area contributed by atoms with Crippen LogP contribution in [0.15, 0.2) is 18.2 Å². The van der Waals surface area contributed by atoms with Gasteiger partial charge in [-0.1, -0.05) is 12.1 Å². The summed E-state index contributed by atoms with van der Waals surface area (Å²) in [5.41, 5.74) is 3.55. The van der Waals surface area contributed by atoms with E-state index < -0.39 is 0 Å². The first kappa shape index (κ1) is 13.6. The van der Waals surface area contributed by atoms with E-state index in [9.17, 15) is 4.79 Å². The van der Waals surface area contributed by atoms with E-state index in [4.69, 9.17) is 10.1 Å². The molecule has 102 valence electrons. The molecule has 0 unspecified atom stereocenters. The van der Waals surface area contributed by atoms with Gasteiger partial charge in [0.15, 0.2) is 5.90 Å². The van der Waals surface area contributed by atoms with Crippen molar-refractivity contribution in [1.29, 1.82) is 5.41 Å². The average molecular weight is 260 g/mol. The summed E-state index contributed by atoms with van der Waals surface area (Å²) in [4.78, 5) is 13.3. The van der Waals surface area contributed by atoms with Crippen molar-refractivity contribution in [2.75, 3.05) is 19.1 Å². The molecule has 0 fully saturated rings. The fraction of sp³-hybridized carbons (Fsp3) is 0.467. The van der Waals surface area contributed by atoms with Crippen LogP contribution in [0.25, 0.3) is 0 Å². The third-order valence-electron chi connectivity index (χ3n) is 3.60. The Kier molecular flexibility index (Phi) is 4.20. The van der Waals surface area contributed by atoms with Crippen molar-refractivity contribution in [2.24, 2.45) is 0 Å². The number of anilines is 1. The van der Waals surface area contributed by atoms with Crippen LogP contribution < -0.4 is 4.90 Å². The quantitative estimate of drug-likeness (QED) is 0.668. The van der Waals surface area contributed by atoms with E-state index in [1.165, 1.54) is 18.2 Å². The molecule has 0 atom stereocenters. The number of carbonyl (C=O) groups is 1. The highest BCUT2D eigenvalue weighted by atomic mass is 16.5. The number of ether oxygens (including phenoxy) is 1. The molecule has 0 radical (unpaired) electrons. The normalized spacial score (nSPS) is 14.2. The van der Waals surface area contributed by atoms with Crippen molar-refractivity contribution >= 4 is 17.5 Å². The van der Waals surface area contributed by atoms with E-state index in [2.05, 4.69) is 12.1 Å². The number of amides is 1. The molecule has 1 aromatic rings. The number of rotatable bonds is 4. The lowest BCUT2D eigenvalue weighted by atomic mass is 9.97. The van der Waals surface area contributed by atoms with Crippen LogP contribution in [-0.2, 0) is 22.4 Å². The molecule has 1 N–H and O–H groups in total. The lowest BCUT2D eigenvalue weighted by Crippen LogP contribution is -2.31. The Bertz CT molecular complexity index is 497. The summed E-state index contributed by atoms with van der Waals surface area (Å²) in [5.74, 6) is 0.525. The molecule has 1 aromatic carbocycles. The third kappa shape index (κ3) is 3.13. The van der Waals surface area contributed by atoms with E-state index in [1.807, 2.05) is 13.1 Å². The van der Waals surface area contributed by atoms with Crippen LogP contribution in [0.3, 0.4) is 0 Å². The minimum Gasteiger partial charge on any atom is -0.484 e. The van der Waals surface area contributed by atoms with Crippen LogP contribution in [0, 0.1) is 5.41 Å². The predicted molar refractivity (Wildman–Crippen MR) is 75.8 cm³/mol. The third-order valence-corrected chi connectivity index (χ3v) is 3.60. The van der Waals surface area contributed by atoms with Gasteiger partial charge in [0, 0.05) is 25.6 Å². The van der Waals surface area contributed by atoms with Gasteiger partial charge in [-0.05, 0) is 36.5 Å². The Balaban J connectivity index is 2.01. The Hall–Kier alpha value is -1.84. The summed E-state index contributed by atoms with van der Waals surface area (Å²) in [6.45, 7) is 0. The highest BCUT2D eigenvalue weighted by molar-refractivity contribution is 5.95. The van der Waals surface area contributed by atoms with Crippen LogP contribution in [0.5, 0.6) is 0 Å². The molecule has 2 rings (SSSR count). The largest absolute Gasteiger partial charge is 0.484 e. The standard InChI is InChI=1S/C15H20N2O2/c1-17-13-8-6-11(4-3-5-14(16)19-2)10-12(13)7-9-15(17)18/h6,8,10,16H,3-5,7,9H2,1-2H3. The molecule has 0 saturated heterocycles. The summed E-state index contributed by atoms with van der Waals surface area (Å²) in [6.07, 6.45) is 3.96. The second kappa shape index (κ2) is 5.87. The van der Waals surface area contributed by atoms with Crippen LogP contribution in [0.1, 0.15) is 30.4 Å². The van der Waals surface area contributed by atoms with Crippen molar-refractivity contribution < 1.29 is 9.53 Å². The Morgan fingerprint density at radius 2 is 2.21 bits per heavy atom. The first-order valence-corrected chi connectivity index (χ1v) is 6.61. The summed E-state index contributed by atoms with van der Waals surface area (Å²) >= 11 is 0. The summed E-state index contributed by atoms with van der Waals surface area (Å²) < 4.78 is 4.84. The minimum atomic E-state index is 0.189. The van der Waals surface area contributed by atoms with Gasteiger partial charge in [0.1, 0.15) is 0 Å². The molecule has 0 spiro atoms. The van der Waals surface area contributed by atoms with Crippen LogP contribution in [0.2, 0.25) is 0 Å². The fourth-order valence-corrected chi connectivity index (χ4v) is 2.42. The fourth-order valence-electron chi connectivity index (χ4n) is 2.42. The van der Waals surface area contributed by atoms with E-state index in [0.717, 1.165) is 24.9 Å². The number of fused-ring (bicyclic) bond motifs is 1. The lowest BCUT2D eigenvalue weighted by Gasteiger charge is -2.26. The molecule has 4 heteroatoms. The highest BCUT2D eigenvalue weighted by Crippen LogP contribution is 2.27. The second-order valence-corrected chi connectivity index (χ2v) is 4.90. The monoisotopic (exact) mass is 260 g/mol. The molecule has 1 aliphatic heterocycles. The number of carbonyl (C=O) groups excluding carboxylic acids is 1. The van der Waals surface area contributed by atoms with E-state index in [0.29, 0.717) is 18.7 Å². The van der Waals surface area contributed by atoms with E-state index in [-0.39, 0.29) is 5.91 Å². The zero-order chi connectivity index (χ0) is 13.8. The van der Waals surface area contributed by atoms with Crippen molar-refractivity contribution in [2.45, 2.75) is 32.1 Å². The maximum absolute atomic E-state index is 11.6. The van der Waals surface area contributed by atoms with Gasteiger partial charge in [-0.3, -0.25) is 10.2 Å². The molecular formula is C15H20N2O2. The van der Waals surface area contributed by atoms with Gasteiger partial charge in [-0.25, -0.2) is 0 Å². The van der Waals surface area contributed by atoms with E-state index in [1.54, 1.807) is 4.90 Å². The molecule has 4 nitrogen and oxygen atoms in total. The van der Waals surface area contributed by atoms with Crippen LogP contribution in [0.4, 0.5) is 5.69 Å². The smallest absolute Gasteiger partial charge is 0.227 e. The van der Waals surface area contributed by atoms with Gasteiger partial charge in [-0.2, -0.15) is 0 Å². The number of hydrogen-bond donors (Lipinski definition) is 1. The topological polar surface area (TPSA) is 53.4 Å². The SMILES string of the molecule is COC(=N)CCCc1ccc2c(c1)CCC(=O)N2C. The maximum atomic E-state index is 11.6. The van der Waals surface area contributed by atoms with Crippen molar-refractivity contribution in [3.05, 3.63) is 29.3 Å². The first-order chi connectivity index (χ1) is 9.11. The van der Waals surface area contributed by atoms with Gasteiger partial charge in [0.2, 0.25) is 5.91 Å². The molecule has 0 aliphatic carbocycles. The number of aryl methyl sites for hydroxylation is 2. The molecule has 0 saturated carbocycles. The van der Waals surface area contributed by atoms with Crippen molar-refractivity contribution in [3.8, 4) is 0 Å². The summed E-state index contributed by atoms with van der Waals surface area (Å²) in [5, 5.41) is 7.44. The maximum Gasteiger partial charge on any atom is 0.227 e. The average Bonchev–Trinajstić information content (AvgIpc) is 2.43. The van der Waals surface area contributed by atoms with Crippen LogP contribution in [-0.4, -0.2) is 26.0 Å². The Morgan fingerprint density at radius 3 is 2.95 bits per heavy atom. The van der Waals surface area contributed by atoms with Crippen molar-refractivity contribution in [3.63, 3.8) is 0 Å². The first-order valence-electron chi connectivity index (χ1n) is 6.61. The molecule has 0 bridgehead atoms. The highest BCUT2D eigenvalue weighted by Gasteiger charge is 2.20. The minimum absolute atomic E-state index is 0.189. The molecule has 1 aliphatic rings. The van der Waals surface area contributed by atoms with Crippen LogP contribution >= 0.6 is 0 Å². The number of benzene rings is 1. The zero-order valence-corrected chi connectivity index (χ0v) is 11.5. The number of nitrogens with zero attached hydrogens (tertiary/aromatic N) is 1. The lowest BCUT2D eigenvalue weighted by molar-refractivity contribution is -0.118. The molecule has 19 heavy (non-hydrogen) atoms. The second-order valence-electron chi connectivity index (χ2n) is 4.90. The number of hydrogen-bond acceptors (Lipinski definition) is 3. The van der Waals surface area contributed by atoms with E-state index >= 15 is 0 Å². The molecule has 1 heterocycles.